The summed E-state index contributed by atoms with van der Waals surface area (Å²) in [4.78, 5) is 63.2. The van der Waals surface area contributed by atoms with E-state index in [1.165, 1.54) is 16.7 Å². The van der Waals surface area contributed by atoms with Crippen molar-refractivity contribution in [3.05, 3.63) is 122 Å². The molecule has 0 saturated carbocycles. The van der Waals surface area contributed by atoms with E-state index in [2.05, 4.69) is 23.8 Å². The summed E-state index contributed by atoms with van der Waals surface area (Å²) in [5, 5.41) is 12.3. The number of nitrogens with zero attached hydrogens (tertiary/aromatic N) is 4. The van der Waals surface area contributed by atoms with Gasteiger partial charge in [0.25, 0.3) is 16.8 Å². The molecule has 0 bridgehead atoms. The first-order chi connectivity index (χ1) is 22.0. The number of rotatable bonds is 10. The molecule has 0 aliphatic carbocycles. The van der Waals surface area contributed by atoms with Gasteiger partial charge < -0.3 is 9.72 Å². The number of carbonyl (C=O) groups is 1. The van der Waals surface area contributed by atoms with Gasteiger partial charge in [-0.15, -0.1) is 0 Å². The highest BCUT2D eigenvalue weighted by molar-refractivity contribution is 7.99. The summed E-state index contributed by atoms with van der Waals surface area (Å²) >= 11 is 2.13. The highest BCUT2D eigenvalue weighted by Gasteiger charge is 2.34. The average Bonchev–Trinajstić information content (AvgIpc) is 3.30. The summed E-state index contributed by atoms with van der Waals surface area (Å²) in [6.45, 7) is 9.76. The van der Waals surface area contributed by atoms with E-state index in [1.54, 1.807) is 32.1 Å². The maximum atomic E-state index is 14.1. The third-order valence-corrected chi connectivity index (χ3v) is 9.28. The van der Waals surface area contributed by atoms with Gasteiger partial charge >= 0.3 is 5.97 Å². The van der Waals surface area contributed by atoms with Crippen LogP contribution < -0.4 is 20.5 Å². The van der Waals surface area contributed by atoms with Crippen molar-refractivity contribution < 1.29 is 14.5 Å². The van der Waals surface area contributed by atoms with Gasteiger partial charge in [-0.3, -0.25) is 24.3 Å². The van der Waals surface area contributed by atoms with Crippen LogP contribution in [0.25, 0.3) is 6.08 Å². The van der Waals surface area contributed by atoms with E-state index in [0.717, 1.165) is 40.6 Å². The third kappa shape index (κ3) is 6.80. The second-order valence-electron chi connectivity index (χ2n) is 11.0. The zero-order valence-electron chi connectivity index (χ0n) is 26.0. The fraction of sp³-hybridized carbons (Fsp3) is 0.303. The first-order valence-electron chi connectivity index (χ1n) is 14.9. The molecule has 0 unspecified atom stereocenters. The zero-order chi connectivity index (χ0) is 33.1. The number of nitro benzene ring substituents is 1. The molecular weight excluding hydrogens is 627 g/mol. The number of H-pyrrole nitrogens is 1. The van der Waals surface area contributed by atoms with Crippen molar-refractivity contribution in [2.75, 3.05) is 6.61 Å². The first-order valence-corrected chi connectivity index (χ1v) is 16.5. The monoisotopic (exact) mass is 659 g/mol. The van der Waals surface area contributed by atoms with E-state index in [9.17, 15) is 24.5 Å². The summed E-state index contributed by atoms with van der Waals surface area (Å²) in [5.41, 5.74) is 2.78. The Bertz CT molecular complexity index is 2090. The second kappa shape index (κ2) is 13.8. The highest BCUT2D eigenvalue weighted by atomic mass is 32.2. The van der Waals surface area contributed by atoms with Crippen LogP contribution in [0.1, 0.15) is 74.9 Å². The summed E-state index contributed by atoms with van der Waals surface area (Å²) < 4.78 is 7.29. The molecule has 1 atom stereocenters. The molecule has 13 heteroatoms. The molecule has 0 spiro atoms. The van der Waals surface area contributed by atoms with Crippen LogP contribution in [0.5, 0.6) is 0 Å². The molecule has 1 N–H and O–H groups in total. The fourth-order valence-corrected chi connectivity index (χ4v) is 7.15. The topological polar surface area (TPSA) is 150 Å². The number of nitrogens with one attached hydrogen (secondary N) is 1. The number of hydrogen-bond donors (Lipinski definition) is 1. The first kappa shape index (κ1) is 32.8. The number of fused-ring (bicyclic) bond motifs is 1. The molecule has 0 saturated heterocycles. The number of aromatic amines is 1. The molecule has 11 nitrogen and oxygen atoms in total. The number of esters is 1. The number of carbonyl (C=O) groups excluding carboxylic acids is 1. The molecule has 5 rings (SSSR count). The number of allylic oxidation sites excluding steroid dienone is 1. The standard InChI is InChI=1S/C33H33N5O6S2/c1-6-8-23-28(31(41)44-7-2)29(22-12-10-21(11-13-22)18(3)4)37-30(40)26(46-33(37)35-23)17-20-9-14-25(24(16-20)38(42)43)45-32-34-19(5)15-27(39)36-32/h9-18,29H,6-8H2,1-5H3,(H,34,36,39)/b26-17+/t29-/m0/s1. The van der Waals surface area contributed by atoms with Gasteiger partial charge in [-0.1, -0.05) is 68.9 Å². The quantitative estimate of drug-likeness (QED) is 0.106. The van der Waals surface area contributed by atoms with Crippen LogP contribution >= 0.6 is 23.1 Å². The van der Waals surface area contributed by atoms with Gasteiger partial charge in [0.1, 0.15) is 0 Å². The van der Waals surface area contributed by atoms with Gasteiger partial charge in [0.15, 0.2) is 9.96 Å². The summed E-state index contributed by atoms with van der Waals surface area (Å²) in [6.07, 6.45) is 2.84. The Balaban J connectivity index is 1.65. The minimum Gasteiger partial charge on any atom is -0.463 e. The minimum absolute atomic E-state index is 0.175. The lowest BCUT2D eigenvalue weighted by Gasteiger charge is -2.26. The number of nitro groups is 1. The third-order valence-electron chi connectivity index (χ3n) is 7.34. The zero-order valence-corrected chi connectivity index (χ0v) is 27.7. The summed E-state index contributed by atoms with van der Waals surface area (Å²) in [5.74, 6) is -0.217. The van der Waals surface area contributed by atoms with Gasteiger partial charge in [0, 0.05) is 17.8 Å². The molecule has 0 radical (unpaired) electrons. The molecule has 3 heterocycles. The molecule has 2 aromatic heterocycles. The maximum absolute atomic E-state index is 14.1. The SMILES string of the molecule is CCCC1=C(C(=O)OCC)[C@H](c2ccc(C(C)C)cc2)n2c(s/c(=C/c3ccc(Sc4nc(C)cc(=O)[nH]4)c([N+](=O)[O-])c3)c2=O)=N1. The van der Waals surface area contributed by atoms with E-state index in [-0.39, 0.29) is 33.5 Å². The lowest BCUT2D eigenvalue weighted by molar-refractivity contribution is -0.387. The number of thiazole rings is 1. The molecule has 1 aliphatic rings. The van der Waals surface area contributed by atoms with Gasteiger partial charge in [-0.2, -0.15) is 0 Å². The molecule has 238 valence electrons. The van der Waals surface area contributed by atoms with Crippen LogP contribution in [0.3, 0.4) is 0 Å². The maximum Gasteiger partial charge on any atom is 0.338 e. The number of ether oxygens (including phenoxy) is 1. The molecule has 4 aromatic rings. The van der Waals surface area contributed by atoms with Crippen molar-refractivity contribution in [2.24, 2.45) is 4.99 Å². The molecule has 46 heavy (non-hydrogen) atoms. The van der Waals surface area contributed by atoms with Crippen LogP contribution in [0.15, 0.2) is 84.4 Å². The van der Waals surface area contributed by atoms with Crippen LogP contribution in [-0.4, -0.2) is 32.0 Å². The lowest BCUT2D eigenvalue weighted by atomic mass is 9.92. The highest BCUT2D eigenvalue weighted by Crippen LogP contribution is 2.35. The fourth-order valence-electron chi connectivity index (χ4n) is 5.21. The van der Waals surface area contributed by atoms with Gasteiger partial charge in [0.05, 0.1) is 38.3 Å². The molecule has 1 aliphatic heterocycles. The number of hydrogen-bond acceptors (Lipinski definition) is 10. The van der Waals surface area contributed by atoms with E-state index < -0.39 is 16.9 Å². The normalized spacial score (nSPS) is 14.7. The van der Waals surface area contributed by atoms with Crippen molar-refractivity contribution in [1.29, 1.82) is 0 Å². The van der Waals surface area contributed by atoms with Crippen molar-refractivity contribution in [3.8, 4) is 0 Å². The number of aryl methyl sites for hydroxylation is 1. The number of benzene rings is 2. The lowest BCUT2D eigenvalue weighted by Crippen LogP contribution is -2.40. The molecular formula is C33H33N5O6S2. The molecule has 0 amide bonds. The van der Waals surface area contributed by atoms with E-state index >= 15 is 0 Å². The predicted molar refractivity (Wildman–Crippen MR) is 177 cm³/mol. The minimum atomic E-state index is -0.752. The smallest absolute Gasteiger partial charge is 0.338 e. The van der Waals surface area contributed by atoms with Crippen LogP contribution in [0, 0.1) is 17.0 Å². The van der Waals surface area contributed by atoms with Crippen LogP contribution in [0.4, 0.5) is 5.69 Å². The van der Waals surface area contributed by atoms with Gasteiger partial charge in [-0.05, 0) is 66.8 Å². The van der Waals surface area contributed by atoms with Crippen molar-refractivity contribution in [2.45, 2.75) is 69.5 Å². The molecule has 0 fully saturated rings. The van der Waals surface area contributed by atoms with Gasteiger partial charge in [-0.25, -0.2) is 14.8 Å². The second-order valence-corrected chi connectivity index (χ2v) is 13.1. The summed E-state index contributed by atoms with van der Waals surface area (Å²) in [7, 11) is 0. The van der Waals surface area contributed by atoms with E-state index in [1.807, 2.05) is 31.2 Å². The Morgan fingerprint density at radius 2 is 1.91 bits per heavy atom. The van der Waals surface area contributed by atoms with Crippen molar-refractivity contribution in [1.82, 2.24) is 14.5 Å². The van der Waals surface area contributed by atoms with E-state index in [0.29, 0.717) is 44.2 Å². The average molecular weight is 660 g/mol. The largest absolute Gasteiger partial charge is 0.463 e. The Labute approximate surface area is 272 Å². The predicted octanol–water partition coefficient (Wildman–Crippen LogP) is 5.15. The Morgan fingerprint density at radius 1 is 1.17 bits per heavy atom. The van der Waals surface area contributed by atoms with Gasteiger partial charge in [0.2, 0.25) is 0 Å². The Kier molecular flexibility index (Phi) is 9.82. The summed E-state index contributed by atoms with van der Waals surface area (Å²) in [6, 6.07) is 13.0. The Hall–Kier alpha value is -4.62. The van der Waals surface area contributed by atoms with Crippen molar-refractivity contribution in [3.63, 3.8) is 0 Å². The Morgan fingerprint density at radius 3 is 2.54 bits per heavy atom. The van der Waals surface area contributed by atoms with Crippen LogP contribution in [-0.2, 0) is 9.53 Å². The molecule has 2 aromatic carbocycles. The van der Waals surface area contributed by atoms with Crippen molar-refractivity contribution >= 4 is 40.8 Å². The van der Waals surface area contributed by atoms with Crippen LogP contribution in [0.2, 0.25) is 0 Å². The number of aromatic nitrogens is 3. The van der Waals surface area contributed by atoms with E-state index in [4.69, 9.17) is 9.73 Å².